The van der Waals surface area contributed by atoms with Crippen LogP contribution in [0.3, 0.4) is 0 Å². The Morgan fingerprint density at radius 3 is 1.64 bits per heavy atom. The van der Waals surface area contributed by atoms with Crippen molar-refractivity contribution >= 4 is 34.8 Å². The van der Waals surface area contributed by atoms with Crippen molar-refractivity contribution in [3.05, 3.63) is 58.4 Å². The predicted octanol–water partition coefficient (Wildman–Crippen LogP) is 5.09. The standard InChI is InChI=1S/C16H8ClF7N2O2/c17-11-6-9(1-2-12(11)18)25-13(27)14(28)26-10-4-7(15(19,20)21)3-8(5-10)16(22,23)24/h1-6H,(H,25,27)(H,26,28). The van der Waals surface area contributed by atoms with Crippen LogP contribution in [-0.4, -0.2) is 11.8 Å². The molecule has 0 heterocycles. The molecule has 0 aliphatic carbocycles. The SMILES string of the molecule is O=C(Nc1cc(C(F)(F)F)cc(C(F)(F)F)c1)C(=O)Nc1ccc(F)c(Cl)c1. The highest BCUT2D eigenvalue weighted by molar-refractivity contribution is 6.43. The summed E-state index contributed by atoms with van der Waals surface area (Å²) in [5.41, 5.74) is -4.34. The van der Waals surface area contributed by atoms with Gasteiger partial charge in [-0.2, -0.15) is 26.3 Å². The van der Waals surface area contributed by atoms with Gasteiger partial charge >= 0.3 is 24.2 Å². The number of nitrogens with one attached hydrogen (secondary N) is 2. The normalized spacial score (nSPS) is 11.9. The van der Waals surface area contributed by atoms with Gasteiger partial charge in [-0.05, 0) is 36.4 Å². The number of rotatable bonds is 2. The van der Waals surface area contributed by atoms with Gasteiger partial charge < -0.3 is 10.6 Å². The van der Waals surface area contributed by atoms with Crippen molar-refractivity contribution in [3.63, 3.8) is 0 Å². The first-order valence-corrected chi connectivity index (χ1v) is 7.52. The Morgan fingerprint density at radius 1 is 0.750 bits per heavy atom. The van der Waals surface area contributed by atoms with Gasteiger partial charge in [0.15, 0.2) is 0 Å². The molecule has 12 heteroatoms. The van der Waals surface area contributed by atoms with E-state index in [0.29, 0.717) is 0 Å². The second-order valence-corrected chi connectivity index (χ2v) is 5.74. The molecule has 0 aromatic heterocycles. The molecule has 0 saturated heterocycles. The Bertz CT molecular complexity index is 894. The second kappa shape index (κ2) is 7.66. The van der Waals surface area contributed by atoms with Gasteiger partial charge in [-0.1, -0.05) is 11.6 Å². The van der Waals surface area contributed by atoms with E-state index < -0.39 is 46.8 Å². The molecule has 0 aliphatic heterocycles. The minimum Gasteiger partial charge on any atom is -0.318 e. The third-order valence-electron chi connectivity index (χ3n) is 3.23. The van der Waals surface area contributed by atoms with Gasteiger partial charge in [-0.15, -0.1) is 0 Å². The van der Waals surface area contributed by atoms with E-state index >= 15 is 0 Å². The van der Waals surface area contributed by atoms with Crippen LogP contribution >= 0.6 is 11.6 Å². The van der Waals surface area contributed by atoms with E-state index in [1.165, 1.54) is 0 Å². The summed E-state index contributed by atoms with van der Waals surface area (Å²) in [5.74, 6) is -3.78. The quantitative estimate of drug-likeness (QED) is 0.517. The van der Waals surface area contributed by atoms with E-state index in [9.17, 15) is 40.3 Å². The lowest BCUT2D eigenvalue weighted by Gasteiger charge is -2.14. The number of carbonyl (C=O) groups is 2. The zero-order valence-corrected chi connectivity index (χ0v) is 14.1. The van der Waals surface area contributed by atoms with Gasteiger partial charge in [0.05, 0.1) is 16.1 Å². The molecule has 2 amide bonds. The Kier molecular flexibility index (Phi) is 5.88. The molecular formula is C16H8ClF7N2O2. The van der Waals surface area contributed by atoms with Crippen molar-refractivity contribution in [2.45, 2.75) is 12.4 Å². The fourth-order valence-corrected chi connectivity index (χ4v) is 2.16. The minimum absolute atomic E-state index is 0.119. The number of hydrogen-bond acceptors (Lipinski definition) is 2. The van der Waals surface area contributed by atoms with Crippen molar-refractivity contribution in [2.24, 2.45) is 0 Å². The maximum atomic E-state index is 13.0. The molecule has 0 radical (unpaired) electrons. The smallest absolute Gasteiger partial charge is 0.318 e. The van der Waals surface area contributed by atoms with Crippen LogP contribution in [0.15, 0.2) is 36.4 Å². The second-order valence-electron chi connectivity index (χ2n) is 5.33. The highest BCUT2D eigenvalue weighted by Crippen LogP contribution is 2.37. The van der Waals surface area contributed by atoms with Gasteiger partial charge in [-0.3, -0.25) is 9.59 Å². The molecule has 0 atom stereocenters. The molecule has 0 unspecified atom stereocenters. The van der Waals surface area contributed by atoms with Crippen LogP contribution in [0.1, 0.15) is 11.1 Å². The molecule has 0 aliphatic rings. The van der Waals surface area contributed by atoms with Crippen LogP contribution in [0.5, 0.6) is 0 Å². The lowest BCUT2D eigenvalue weighted by molar-refractivity contribution is -0.143. The summed E-state index contributed by atoms with van der Waals surface area (Å²) in [5, 5.41) is 3.24. The van der Waals surface area contributed by atoms with E-state index in [0.717, 1.165) is 18.2 Å². The molecule has 0 fully saturated rings. The molecule has 4 nitrogen and oxygen atoms in total. The average Bonchev–Trinajstić information content (AvgIpc) is 2.56. The molecule has 0 bridgehead atoms. The molecule has 2 aromatic carbocycles. The molecular weight excluding hydrogens is 421 g/mol. The van der Waals surface area contributed by atoms with Crippen LogP contribution in [0.2, 0.25) is 5.02 Å². The number of halogens is 8. The summed E-state index contributed by atoms with van der Waals surface area (Å²) in [4.78, 5) is 23.6. The van der Waals surface area contributed by atoms with Gasteiger partial charge in [-0.25, -0.2) is 4.39 Å². The van der Waals surface area contributed by atoms with Crippen LogP contribution in [0.25, 0.3) is 0 Å². The molecule has 150 valence electrons. The first kappa shape index (κ1) is 21.5. The third kappa shape index (κ3) is 5.35. The average molecular weight is 429 g/mol. The summed E-state index contributed by atoms with van der Waals surface area (Å²) < 4.78 is 89.8. The van der Waals surface area contributed by atoms with Crippen molar-refractivity contribution in [1.29, 1.82) is 0 Å². The van der Waals surface area contributed by atoms with Crippen molar-refractivity contribution in [3.8, 4) is 0 Å². The van der Waals surface area contributed by atoms with Gasteiger partial charge in [0.2, 0.25) is 0 Å². The molecule has 2 aromatic rings. The fraction of sp³-hybridized carbons (Fsp3) is 0.125. The first-order valence-electron chi connectivity index (χ1n) is 7.14. The Morgan fingerprint density at radius 2 is 1.21 bits per heavy atom. The number of hydrogen-bond donors (Lipinski definition) is 2. The highest BCUT2D eigenvalue weighted by Gasteiger charge is 2.37. The number of anilines is 2. The van der Waals surface area contributed by atoms with Gasteiger partial charge in [0, 0.05) is 11.4 Å². The summed E-state index contributed by atoms with van der Waals surface area (Å²) in [6, 6.07) is 3.23. The highest BCUT2D eigenvalue weighted by atomic mass is 35.5. The lowest BCUT2D eigenvalue weighted by atomic mass is 10.1. The molecule has 2 rings (SSSR count). The van der Waals surface area contributed by atoms with E-state index in [1.807, 2.05) is 5.32 Å². The zero-order chi connectivity index (χ0) is 21.3. The summed E-state index contributed by atoms with van der Waals surface area (Å²) in [7, 11) is 0. The van der Waals surface area contributed by atoms with E-state index in [2.05, 4.69) is 0 Å². The molecule has 0 saturated carbocycles. The van der Waals surface area contributed by atoms with Crippen molar-refractivity contribution < 1.29 is 40.3 Å². The number of carbonyl (C=O) groups excluding carboxylic acids is 2. The molecule has 28 heavy (non-hydrogen) atoms. The lowest BCUT2D eigenvalue weighted by Crippen LogP contribution is -2.29. The van der Waals surface area contributed by atoms with E-state index in [1.54, 1.807) is 5.32 Å². The van der Waals surface area contributed by atoms with Crippen molar-refractivity contribution in [2.75, 3.05) is 10.6 Å². The Labute approximate surface area is 157 Å². The monoisotopic (exact) mass is 428 g/mol. The zero-order valence-electron chi connectivity index (χ0n) is 13.3. The van der Waals surface area contributed by atoms with Crippen molar-refractivity contribution in [1.82, 2.24) is 0 Å². The predicted molar refractivity (Wildman–Crippen MR) is 85.1 cm³/mol. The Hall–Kier alpha value is -2.82. The minimum atomic E-state index is -5.12. The van der Waals surface area contributed by atoms with Crippen LogP contribution < -0.4 is 10.6 Å². The van der Waals surface area contributed by atoms with E-state index in [-0.39, 0.29) is 28.9 Å². The number of benzene rings is 2. The van der Waals surface area contributed by atoms with Crippen LogP contribution in [-0.2, 0) is 21.9 Å². The van der Waals surface area contributed by atoms with Crippen LogP contribution in [0, 0.1) is 5.82 Å². The molecule has 0 spiro atoms. The maximum absolute atomic E-state index is 13.0. The Balaban J connectivity index is 2.24. The van der Waals surface area contributed by atoms with Crippen LogP contribution in [0.4, 0.5) is 42.1 Å². The summed E-state index contributed by atoms with van der Waals surface area (Å²) >= 11 is 5.49. The maximum Gasteiger partial charge on any atom is 0.416 e. The molecule has 2 N–H and O–H groups in total. The summed E-state index contributed by atoms with van der Waals surface area (Å²) in [6.45, 7) is 0. The third-order valence-corrected chi connectivity index (χ3v) is 3.52. The number of amides is 2. The topological polar surface area (TPSA) is 58.2 Å². The first-order chi connectivity index (χ1) is 12.8. The summed E-state index contributed by atoms with van der Waals surface area (Å²) in [6.07, 6.45) is -10.2. The van der Waals surface area contributed by atoms with Gasteiger partial charge in [0.1, 0.15) is 5.82 Å². The fourth-order valence-electron chi connectivity index (χ4n) is 1.98. The largest absolute Gasteiger partial charge is 0.416 e. The number of alkyl halides is 6. The van der Waals surface area contributed by atoms with Gasteiger partial charge in [0.25, 0.3) is 0 Å². The van der Waals surface area contributed by atoms with E-state index in [4.69, 9.17) is 11.6 Å².